The molecule has 0 amide bonds. The summed E-state index contributed by atoms with van der Waals surface area (Å²) in [6.45, 7) is 10.2. The van der Waals surface area contributed by atoms with E-state index in [1.54, 1.807) is 10.9 Å². The molecule has 0 aliphatic heterocycles. The van der Waals surface area contributed by atoms with Gasteiger partial charge in [0.05, 0.1) is 5.69 Å². The summed E-state index contributed by atoms with van der Waals surface area (Å²) in [5.41, 5.74) is 2.39. The molecule has 0 unspecified atom stereocenters. The van der Waals surface area contributed by atoms with Gasteiger partial charge in [-0.05, 0) is 31.9 Å². The van der Waals surface area contributed by atoms with Gasteiger partial charge < -0.3 is 4.98 Å². The zero-order valence-corrected chi connectivity index (χ0v) is 17.4. The number of aromatic nitrogens is 3. The minimum Gasteiger partial charge on any atom is -0.361 e. The second-order valence-corrected chi connectivity index (χ2v) is 9.91. The Balaban J connectivity index is 1.81. The molecule has 1 aromatic carbocycles. The standard InChI is InChI=1S/C20H28N4O2S/c1-14(2)24-13-18(19(23-24)20(3,4)5)27(25,26)22-11-10-15-12-21-17-9-7-6-8-16(15)17/h6-9,12-14,21-22H,10-11H2,1-5H3. The van der Waals surface area contributed by atoms with Gasteiger partial charge in [0.1, 0.15) is 4.90 Å². The highest BCUT2D eigenvalue weighted by Crippen LogP contribution is 2.28. The number of nitrogens with one attached hydrogen (secondary N) is 2. The molecule has 0 aliphatic carbocycles. The smallest absolute Gasteiger partial charge is 0.244 e. The van der Waals surface area contributed by atoms with E-state index in [0.29, 0.717) is 18.7 Å². The first-order valence-corrected chi connectivity index (χ1v) is 10.7. The van der Waals surface area contributed by atoms with E-state index in [4.69, 9.17) is 0 Å². The number of para-hydroxylation sites is 1. The SMILES string of the molecule is CC(C)n1cc(S(=O)(=O)NCCc2c[nH]c3ccccc23)c(C(C)(C)C)n1. The first-order chi connectivity index (χ1) is 12.6. The molecule has 0 atom stereocenters. The molecule has 3 aromatic rings. The van der Waals surface area contributed by atoms with Crippen LogP contribution in [0.4, 0.5) is 0 Å². The molecular formula is C20H28N4O2S. The minimum absolute atomic E-state index is 0.0984. The predicted molar refractivity (Wildman–Crippen MR) is 109 cm³/mol. The maximum Gasteiger partial charge on any atom is 0.244 e. The van der Waals surface area contributed by atoms with Crippen LogP contribution in [0.1, 0.15) is 51.9 Å². The summed E-state index contributed by atoms with van der Waals surface area (Å²) in [4.78, 5) is 3.49. The highest BCUT2D eigenvalue weighted by Gasteiger charge is 2.30. The van der Waals surface area contributed by atoms with Crippen molar-refractivity contribution in [3.63, 3.8) is 0 Å². The molecule has 3 rings (SSSR count). The van der Waals surface area contributed by atoms with Crippen molar-refractivity contribution in [2.24, 2.45) is 0 Å². The van der Waals surface area contributed by atoms with Gasteiger partial charge in [-0.1, -0.05) is 39.0 Å². The molecule has 0 saturated heterocycles. The molecule has 0 fully saturated rings. The summed E-state index contributed by atoms with van der Waals surface area (Å²) in [7, 11) is -3.64. The number of sulfonamides is 1. The topological polar surface area (TPSA) is 79.8 Å². The van der Waals surface area contributed by atoms with E-state index in [-0.39, 0.29) is 16.4 Å². The van der Waals surface area contributed by atoms with Crippen LogP contribution < -0.4 is 4.72 Å². The van der Waals surface area contributed by atoms with Gasteiger partial charge in [-0.3, -0.25) is 4.68 Å². The van der Waals surface area contributed by atoms with E-state index in [1.165, 1.54) is 0 Å². The molecule has 0 bridgehead atoms. The van der Waals surface area contributed by atoms with Crippen LogP contribution in [-0.2, 0) is 21.9 Å². The Hall–Kier alpha value is -2.12. The fourth-order valence-corrected chi connectivity index (χ4v) is 4.47. The third-order valence-electron chi connectivity index (χ3n) is 4.59. The fraction of sp³-hybridized carbons (Fsp3) is 0.450. The molecular weight excluding hydrogens is 360 g/mol. The van der Waals surface area contributed by atoms with Crippen LogP contribution in [0.5, 0.6) is 0 Å². The van der Waals surface area contributed by atoms with Gasteiger partial charge in [-0.15, -0.1) is 0 Å². The molecule has 0 aliphatic rings. The fourth-order valence-electron chi connectivity index (χ4n) is 3.09. The first kappa shape index (κ1) is 19.6. The third-order valence-corrected chi connectivity index (χ3v) is 6.05. The van der Waals surface area contributed by atoms with E-state index in [2.05, 4.69) is 14.8 Å². The number of hydrogen-bond donors (Lipinski definition) is 2. The van der Waals surface area contributed by atoms with Gasteiger partial charge in [0.25, 0.3) is 0 Å². The molecule has 7 heteroatoms. The summed E-state index contributed by atoms with van der Waals surface area (Å²) in [5.74, 6) is 0. The van der Waals surface area contributed by atoms with Crippen LogP contribution in [0.2, 0.25) is 0 Å². The lowest BCUT2D eigenvalue weighted by Crippen LogP contribution is -2.28. The average molecular weight is 389 g/mol. The molecule has 146 valence electrons. The van der Waals surface area contributed by atoms with Crippen LogP contribution >= 0.6 is 0 Å². The molecule has 0 spiro atoms. The Bertz CT molecular complexity index is 1040. The molecule has 6 nitrogen and oxygen atoms in total. The zero-order valence-electron chi connectivity index (χ0n) is 16.6. The first-order valence-electron chi connectivity index (χ1n) is 9.24. The largest absolute Gasteiger partial charge is 0.361 e. The average Bonchev–Trinajstić information content (AvgIpc) is 3.19. The van der Waals surface area contributed by atoms with Crippen molar-refractivity contribution in [3.05, 3.63) is 47.9 Å². The number of rotatable bonds is 6. The highest BCUT2D eigenvalue weighted by molar-refractivity contribution is 7.89. The number of hydrogen-bond acceptors (Lipinski definition) is 3. The maximum absolute atomic E-state index is 13.0. The van der Waals surface area contributed by atoms with E-state index in [0.717, 1.165) is 16.5 Å². The lowest BCUT2D eigenvalue weighted by atomic mass is 9.92. The van der Waals surface area contributed by atoms with Gasteiger partial charge in [0, 0.05) is 41.3 Å². The summed E-state index contributed by atoms with van der Waals surface area (Å²) < 4.78 is 30.4. The molecule has 27 heavy (non-hydrogen) atoms. The van der Waals surface area contributed by atoms with Crippen LogP contribution in [0, 0.1) is 0 Å². The zero-order chi connectivity index (χ0) is 19.8. The Morgan fingerprint density at radius 1 is 1.22 bits per heavy atom. The second-order valence-electron chi connectivity index (χ2n) is 8.17. The normalized spacial score (nSPS) is 13.0. The number of nitrogens with zero attached hydrogens (tertiary/aromatic N) is 2. The van der Waals surface area contributed by atoms with Gasteiger partial charge in [-0.25, -0.2) is 13.1 Å². The van der Waals surface area contributed by atoms with Crippen LogP contribution in [0.15, 0.2) is 41.6 Å². The summed E-state index contributed by atoms with van der Waals surface area (Å²) >= 11 is 0. The quantitative estimate of drug-likeness (QED) is 0.675. The summed E-state index contributed by atoms with van der Waals surface area (Å²) in [5, 5.41) is 5.66. The Kier molecular flexibility index (Phi) is 5.18. The van der Waals surface area contributed by atoms with E-state index in [9.17, 15) is 8.42 Å². The van der Waals surface area contributed by atoms with Crippen LogP contribution in [0.3, 0.4) is 0 Å². The highest BCUT2D eigenvalue weighted by atomic mass is 32.2. The Labute approximate surface area is 161 Å². The van der Waals surface area contributed by atoms with Crippen LogP contribution in [0.25, 0.3) is 10.9 Å². The number of fused-ring (bicyclic) bond motifs is 1. The van der Waals surface area contributed by atoms with Crippen molar-refractivity contribution in [2.45, 2.75) is 57.4 Å². The van der Waals surface area contributed by atoms with Gasteiger partial charge in [0.2, 0.25) is 10.0 Å². The lowest BCUT2D eigenvalue weighted by molar-refractivity contribution is 0.493. The number of H-pyrrole nitrogens is 1. The molecule has 0 saturated carbocycles. The van der Waals surface area contributed by atoms with Gasteiger partial charge in [-0.2, -0.15) is 5.10 Å². The van der Waals surface area contributed by atoms with Gasteiger partial charge >= 0.3 is 0 Å². The van der Waals surface area contributed by atoms with Crippen molar-refractivity contribution in [1.29, 1.82) is 0 Å². The molecule has 0 radical (unpaired) electrons. The summed E-state index contributed by atoms with van der Waals surface area (Å²) in [6, 6.07) is 8.12. The predicted octanol–water partition coefficient (Wildman–Crippen LogP) is 3.76. The maximum atomic E-state index is 13.0. The van der Waals surface area contributed by atoms with Gasteiger partial charge in [0.15, 0.2) is 0 Å². The second kappa shape index (κ2) is 7.13. The minimum atomic E-state index is -3.64. The van der Waals surface area contributed by atoms with Crippen molar-refractivity contribution in [1.82, 2.24) is 19.5 Å². The summed E-state index contributed by atoms with van der Waals surface area (Å²) in [6.07, 6.45) is 4.20. The molecule has 2 N–H and O–H groups in total. The third kappa shape index (κ3) is 4.09. The van der Waals surface area contributed by atoms with Crippen molar-refractivity contribution >= 4 is 20.9 Å². The van der Waals surface area contributed by atoms with Crippen molar-refractivity contribution < 1.29 is 8.42 Å². The molecule has 2 aromatic heterocycles. The van der Waals surface area contributed by atoms with Crippen molar-refractivity contribution in [2.75, 3.05) is 6.54 Å². The van der Waals surface area contributed by atoms with Crippen molar-refractivity contribution in [3.8, 4) is 0 Å². The molecule has 2 heterocycles. The lowest BCUT2D eigenvalue weighted by Gasteiger charge is -2.17. The monoisotopic (exact) mass is 388 g/mol. The van der Waals surface area contributed by atoms with E-state index in [1.807, 2.05) is 65.1 Å². The number of benzene rings is 1. The number of aromatic amines is 1. The van der Waals surface area contributed by atoms with E-state index >= 15 is 0 Å². The Morgan fingerprint density at radius 3 is 2.59 bits per heavy atom. The Morgan fingerprint density at radius 2 is 1.93 bits per heavy atom. The van der Waals surface area contributed by atoms with Crippen LogP contribution in [-0.4, -0.2) is 29.7 Å². The van der Waals surface area contributed by atoms with E-state index < -0.39 is 10.0 Å².